The molecule has 128 valence electrons. The van der Waals surface area contributed by atoms with E-state index in [-0.39, 0.29) is 0 Å². The van der Waals surface area contributed by atoms with Crippen molar-refractivity contribution in [3.63, 3.8) is 0 Å². The van der Waals surface area contributed by atoms with Crippen LogP contribution in [0.25, 0.3) is 11.6 Å². The van der Waals surface area contributed by atoms with Gasteiger partial charge in [-0.15, -0.1) is 0 Å². The molecule has 0 unspecified atom stereocenters. The van der Waals surface area contributed by atoms with E-state index in [4.69, 9.17) is 24.7 Å². The van der Waals surface area contributed by atoms with Crippen molar-refractivity contribution < 1.29 is 18.9 Å². The summed E-state index contributed by atoms with van der Waals surface area (Å²) in [5.41, 5.74) is 8.87. The van der Waals surface area contributed by atoms with Gasteiger partial charge in [-0.25, -0.2) is 0 Å². The molecule has 0 heterocycles. The van der Waals surface area contributed by atoms with E-state index in [0.29, 0.717) is 23.8 Å². The lowest BCUT2D eigenvalue weighted by Gasteiger charge is -2.15. The molecule has 2 aromatic rings. The maximum Gasteiger partial charge on any atom is 0.203 e. The average Bonchev–Trinajstić information content (AvgIpc) is 2.65. The summed E-state index contributed by atoms with van der Waals surface area (Å²) in [6.07, 6.45) is 2.03. The van der Waals surface area contributed by atoms with Gasteiger partial charge in [-0.05, 0) is 47.0 Å². The molecule has 2 aromatic carbocycles. The molecule has 2 N–H and O–H groups in total. The SMILES string of the molecule is COc1ccc(/C=C(/CN)c2cc(OC)c(OC)c(OC)c2)cc1. The van der Waals surface area contributed by atoms with Crippen LogP contribution in [0.2, 0.25) is 0 Å². The first-order valence-corrected chi connectivity index (χ1v) is 7.51. The van der Waals surface area contributed by atoms with Crippen molar-refractivity contribution in [1.29, 1.82) is 0 Å². The molecule has 0 amide bonds. The first kappa shape index (κ1) is 17.7. The number of hydrogen-bond acceptors (Lipinski definition) is 5. The molecule has 0 aliphatic heterocycles. The van der Waals surface area contributed by atoms with E-state index in [9.17, 15) is 0 Å². The highest BCUT2D eigenvalue weighted by atomic mass is 16.5. The van der Waals surface area contributed by atoms with Crippen LogP contribution in [0, 0.1) is 0 Å². The smallest absolute Gasteiger partial charge is 0.203 e. The lowest BCUT2D eigenvalue weighted by molar-refractivity contribution is 0.324. The summed E-state index contributed by atoms with van der Waals surface area (Å²) in [5.74, 6) is 2.57. The van der Waals surface area contributed by atoms with Gasteiger partial charge in [0.2, 0.25) is 5.75 Å². The van der Waals surface area contributed by atoms with Gasteiger partial charge in [-0.3, -0.25) is 0 Å². The van der Waals surface area contributed by atoms with Crippen LogP contribution in [0.3, 0.4) is 0 Å². The minimum Gasteiger partial charge on any atom is -0.497 e. The third-order valence-corrected chi connectivity index (χ3v) is 3.71. The summed E-state index contributed by atoms with van der Waals surface area (Å²) < 4.78 is 21.3. The molecule has 0 aliphatic rings. The van der Waals surface area contributed by atoms with Gasteiger partial charge in [0.25, 0.3) is 0 Å². The molecular weight excluding hydrogens is 306 g/mol. The fourth-order valence-corrected chi connectivity index (χ4v) is 2.43. The number of ether oxygens (including phenoxy) is 4. The summed E-state index contributed by atoms with van der Waals surface area (Å²) in [7, 11) is 6.41. The maximum absolute atomic E-state index is 5.96. The third kappa shape index (κ3) is 3.81. The summed E-state index contributed by atoms with van der Waals surface area (Å²) in [6.45, 7) is 0.380. The quantitative estimate of drug-likeness (QED) is 0.790. The molecule has 0 saturated carbocycles. The zero-order chi connectivity index (χ0) is 17.5. The van der Waals surface area contributed by atoms with Crippen molar-refractivity contribution in [3.8, 4) is 23.0 Å². The van der Waals surface area contributed by atoms with Gasteiger partial charge in [-0.2, -0.15) is 0 Å². The summed E-state index contributed by atoms with van der Waals surface area (Å²) in [6, 6.07) is 11.6. The van der Waals surface area contributed by atoms with Gasteiger partial charge in [0.1, 0.15) is 5.75 Å². The normalized spacial score (nSPS) is 11.1. The Labute approximate surface area is 142 Å². The molecule has 0 fully saturated rings. The molecule has 5 nitrogen and oxygen atoms in total. The first-order valence-electron chi connectivity index (χ1n) is 7.51. The number of nitrogens with two attached hydrogens (primary N) is 1. The van der Waals surface area contributed by atoms with Gasteiger partial charge in [0, 0.05) is 6.54 Å². The topological polar surface area (TPSA) is 62.9 Å². The van der Waals surface area contributed by atoms with Crippen molar-refractivity contribution in [1.82, 2.24) is 0 Å². The Morgan fingerprint density at radius 2 is 1.46 bits per heavy atom. The van der Waals surface area contributed by atoms with Crippen LogP contribution in [0.15, 0.2) is 36.4 Å². The zero-order valence-electron chi connectivity index (χ0n) is 14.5. The van der Waals surface area contributed by atoms with Gasteiger partial charge >= 0.3 is 0 Å². The molecule has 24 heavy (non-hydrogen) atoms. The van der Waals surface area contributed by atoms with Crippen molar-refractivity contribution >= 4 is 11.6 Å². The minimum atomic E-state index is 0.380. The molecular formula is C19H23NO4. The molecule has 0 bridgehead atoms. The Bertz CT molecular complexity index is 683. The molecule has 2 rings (SSSR count). The summed E-state index contributed by atoms with van der Waals surface area (Å²) in [4.78, 5) is 0. The van der Waals surface area contributed by atoms with E-state index in [2.05, 4.69) is 0 Å². The maximum atomic E-state index is 5.96. The molecule has 0 aromatic heterocycles. The largest absolute Gasteiger partial charge is 0.497 e. The zero-order valence-corrected chi connectivity index (χ0v) is 14.5. The van der Waals surface area contributed by atoms with Gasteiger partial charge in [0.05, 0.1) is 28.4 Å². The predicted octanol–water partition coefficient (Wildman–Crippen LogP) is 3.22. The first-order chi connectivity index (χ1) is 11.7. The molecule has 0 saturated heterocycles. The Morgan fingerprint density at radius 3 is 1.88 bits per heavy atom. The van der Waals surface area contributed by atoms with Crippen LogP contribution >= 0.6 is 0 Å². The van der Waals surface area contributed by atoms with Crippen molar-refractivity contribution in [2.45, 2.75) is 0 Å². The van der Waals surface area contributed by atoms with Crippen molar-refractivity contribution in [3.05, 3.63) is 47.5 Å². The van der Waals surface area contributed by atoms with Crippen LogP contribution in [-0.4, -0.2) is 35.0 Å². The van der Waals surface area contributed by atoms with Gasteiger partial charge < -0.3 is 24.7 Å². The highest BCUT2D eigenvalue weighted by molar-refractivity contribution is 5.84. The molecule has 0 radical (unpaired) electrons. The monoisotopic (exact) mass is 329 g/mol. The van der Waals surface area contributed by atoms with E-state index in [1.165, 1.54) is 0 Å². The van der Waals surface area contributed by atoms with E-state index in [1.54, 1.807) is 28.4 Å². The molecule has 0 atom stereocenters. The Morgan fingerprint density at radius 1 is 0.875 bits per heavy atom. The second kappa shape index (κ2) is 8.26. The Hall–Kier alpha value is -2.66. The van der Waals surface area contributed by atoms with Crippen molar-refractivity contribution in [2.24, 2.45) is 5.73 Å². The van der Waals surface area contributed by atoms with E-state index in [0.717, 1.165) is 22.4 Å². The molecule has 0 aliphatic carbocycles. The summed E-state index contributed by atoms with van der Waals surface area (Å²) >= 11 is 0. The second-order valence-electron chi connectivity index (χ2n) is 5.06. The summed E-state index contributed by atoms with van der Waals surface area (Å²) in [5, 5.41) is 0. The lowest BCUT2D eigenvalue weighted by Crippen LogP contribution is -2.04. The number of methoxy groups -OCH3 is 4. The second-order valence-corrected chi connectivity index (χ2v) is 5.06. The standard InChI is InChI=1S/C19H23NO4/c1-21-16-7-5-13(6-8-16)9-15(12-20)14-10-17(22-2)19(24-4)18(11-14)23-3/h5-11H,12,20H2,1-4H3/b15-9-. The number of rotatable bonds is 7. The van der Waals surface area contributed by atoms with Crippen LogP contribution in [-0.2, 0) is 0 Å². The van der Waals surface area contributed by atoms with Crippen LogP contribution < -0.4 is 24.7 Å². The van der Waals surface area contributed by atoms with Crippen LogP contribution in [0.4, 0.5) is 0 Å². The fraction of sp³-hybridized carbons (Fsp3) is 0.263. The van der Waals surface area contributed by atoms with Crippen molar-refractivity contribution in [2.75, 3.05) is 35.0 Å². The molecule has 0 spiro atoms. The minimum absolute atomic E-state index is 0.380. The van der Waals surface area contributed by atoms with E-state index < -0.39 is 0 Å². The lowest BCUT2D eigenvalue weighted by atomic mass is 10.0. The Balaban J connectivity index is 2.47. The highest BCUT2D eigenvalue weighted by Gasteiger charge is 2.14. The van der Waals surface area contributed by atoms with E-state index >= 15 is 0 Å². The van der Waals surface area contributed by atoms with Crippen LogP contribution in [0.5, 0.6) is 23.0 Å². The van der Waals surface area contributed by atoms with Gasteiger partial charge in [0.15, 0.2) is 11.5 Å². The van der Waals surface area contributed by atoms with E-state index in [1.807, 2.05) is 42.5 Å². The fourth-order valence-electron chi connectivity index (χ4n) is 2.43. The number of hydrogen-bond donors (Lipinski definition) is 1. The number of benzene rings is 2. The predicted molar refractivity (Wildman–Crippen MR) is 96.0 cm³/mol. The highest BCUT2D eigenvalue weighted by Crippen LogP contribution is 2.40. The average molecular weight is 329 g/mol. The third-order valence-electron chi connectivity index (χ3n) is 3.71. The van der Waals surface area contributed by atoms with Crippen LogP contribution in [0.1, 0.15) is 11.1 Å². The molecule has 5 heteroatoms. The Kier molecular flexibility index (Phi) is 6.09. The van der Waals surface area contributed by atoms with Gasteiger partial charge in [-0.1, -0.05) is 12.1 Å².